The summed E-state index contributed by atoms with van der Waals surface area (Å²) in [5.74, 6) is 0. The van der Waals surface area contributed by atoms with Crippen LogP contribution in [0.25, 0.3) is 0 Å². The predicted octanol–water partition coefficient (Wildman–Crippen LogP) is 2.77. The van der Waals surface area contributed by atoms with Crippen molar-refractivity contribution in [2.24, 2.45) is 0 Å². The van der Waals surface area contributed by atoms with Gasteiger partial charge in [0.1, 0.15) is 21.9 Å². The van der Waals surface area contributed by atoms with E-state index < -0.39 is 29.8 Å². The minimum Gasteiger partial charge on any atom is -0.280 e. The molecule has 0 heterocycles. The maximum Gasteiger partial charge on any atom is 0.263 e. The van der Waals surface area contributed by atoms with Crippen molar-refractivity contribution in [2.45, 2.75) is 9.79 Å². The summed E-state index contributed by atoms with van der Waals surface area (Å²) in [5.41, 5.74) is -0.340. The van der Waals surface area contributed by atoms with E-state index in [-0.39, 0.29) is 33.6 Å². The molecule has 0 bridgehead atoms. The molecule has 0 amide bonds. The molecule has 3 aromatic carbocycles. The topological polar surface area (TPSA) is 187 Å². The van der Waals surface area contributed by atoms with Gasteiger partial charge in [0, 0.05) is 0 Å². The Labute approximate surface area is 195 Å². The third kappa shape index (κ3) is 4.95. The van der Waals surface area contributed by atoms with Crippen LogP contribution < -0.4 is 9.44 Å². The lowest BCUT2D eigenvalue weighted by atomic mass is 10.2. The van der Waals surface area contributed by atoms with Gasteiger partial charge >= 0.3 is 0 Å². The molecule has 0 fully saturated rings. The molecule has 0 spiro atoms. The van der Waals surface area contributed by atoms with Gasteiger partial charge in [0.25, 0.3) is 20.0 Å². The summed E-state index contributed by atoms with van der Waals surface area (Å²) in [6.07, 6.45) is 0. The highest BCUT2D eigenvalue weighted by Gasteiger charge is 2.22. The van der Waals surface area contributed by atoms with E-state index >= 15 is 0 Å². The number of hydrogen-bond donors (Lipinski definition) is 2. The first-order chi connectivity index (χ1) is 16.1. The van der Waals surface area contributed by atoms with Crippen molar-refractivity contribution in [2.75, 3.05) is 9.44 Å². The van der Waals surface area contributed by atoms with Gasteiger partial charge in [-0.05, 0) is 54.6 Å². The number of nitriles is 4. The van der Waals surface area contributed by atoms with E-state index in [1.54, 1.807) is 24.3 Å². The number of hydrogen-bond acceptors (Lipinski definition) is 8. The molecule has 0 radical (unpaired) electrons. The van der Waals surface area contributed by atoms with Gasteiger partial charge in [-0.1, -0.05) is 6.07 Å². The third-order valence-electron chi connectivity index (χ3n) is 4.41. The van der Waals surface area contributed by atoms with Crippen LogP contribution in [0.15, 0.2) is 70.5 Å². The number of nitrogens with zero attached hydrogens (tertiary/aromatic N) is 4. The van der Waals surface area contributed by atoms with E-state index in [1.165, 1.54) is 48.5 Å². The predicted molar refractivity (Wildman–Crippen MR) is 120 cm³/mol. The molecule has 0 aliphatic rings. The first kappa shape index (κ1) is 23.8. The van der Waals surface area contributed by atoms with Crippen molar-refractivity contribution >= 4 is 31.4 Å². The minimum absolute atomic E-state index is 0.0299. The number of sulfonamides is 2. The highest BCUT2D eigenvalue weighted by atomic mass is 32.2. The van der Waals surface area contributed by atoms with Crippen molar-refractivity contribution in [3.8, 4) is 24.3 Å². The number of anilines is 2. The summed E-state index contributed by atoms with van der Waals surface area (Å²) < 4.78 is 55.9. The molecular formula is C22H12N6O4S2. The van der Waals surface area contributed by atoms with E-state index in [0.29, 0.717) is 0 Å². The van der Waals surface area contributed by atoms with E-state index in [1.807, 2.05) is 0 Å². The summed E-state index contributed by atoms with van der Waals surface area (Å²) in [4.78, 5) is -0.820. The van der Waals surface area contributed by atoms with E-state index in [4.69, 9.17) is 10.5 Å². The number of nitrogens with one attached hydrogen (secondary N) is 2. The van der Waals surface area contributed by atoms with Crippen molar-refractivity contribution in [1.29, 1.82) is 21.0 Å². The molecule has 0 unspecified atom stereocenters. The lowest BCUT2D eigenvalue weighted by molar-refractivity contribution is 0.599. The Bertz CT molecular complexity index is 1560. The minimum atomic E-state index is -4.30. The van der Waals surface area contributed by atoms with Crippen molar-refractivity contribution < 1.29 is 16.8 Å². The lowest BCUT2D eigenvalue weighted by Gasteiger charge is -2.13. The molecule has 3 rings (SSSR count). The van der Waals surface area contributed by atoms with E-state index in [0.717, 1.165) is 12.1 Å². The van der Waals surface area contributed by atoms with Crippen molar-refractivity contribution in [1.82, 2.24) is 0 Å². The summed E-state index contributed by atoms with van der Waals surface area (Å²) in [6.45, 7) is 0. The zero-order valence-corrected chi connectivity index (χ0v) is 18.6. The molecule has 166 valence electrons. The van der Waals surface area contributed by atoms with Crippen LogP contribution in [0, 0.1) is 45.3 Å². The van der Waals surface area contributed by atoms with Crippen LogP contribution in [0.1, 0.15) is 22.3 Å². The summed E-state index contributed by atoms with van der Waals surface area (Å²) in [7, 11) is -8.60. The quantitative estimate of drug-likeness (QED) is 0.529. The van der Waals surface area contributed by atoms with Crippen LogP contribution in [0.4, 0.5) is 11.4 Å². The average molecular weight is 489 g/mol. The molecular weight excluding hydrogens is 476 g/mol. The fraction of sp³-hybridized carbons (Fsp3) is 0. The first-order valence-electron chi connectivity index (χ1n) is 9.18. The van der Waals surface area contributed by atoms with Gasteiger partial charge in [-0.25, -0.2) is 16.8 Å². The molecule has 0 aromatic heterocycles. The van der Waals surface area contributed by atoms with Crippen LogP contribution in [-0.2, 0) is 20.0 Å². The Hall–Kier alpha value is -4.88. The van der Waals surface area contributed by atoms with Gasteiger partial charge in [-0.2, -0.15) is 21.0 Å². The van der Waals surface area contributed by atoms with Crippen LogP contribution in [0.2, 0.25) is 0 Å². The van der Waals surface area contributed by atoms with Gasteiger partial charge < -0.3 is 0 Å². The second kappa shape index (κ2) is 9.32. The van der Waals surface area contributed by atoms with Crippen LogP contribution in [-0.4, -0.2) is 16.8 Å². The SMILES string of the molecule is N#Cc1ccc(C#N)c(S(=O)(=O)Nc2cccc(NS(=O)(=O)c3cc(C#N)ccc3C#N)c2)c1. The van der Waals surface area contributed by atoms with E-state index in [2.05, 4.69) is 9.44 Å². The molecule has 0 aliphatic carbocycles. The zero-order valence-electron chi connectivity index (χ0n) is 17.0. The second-order valence-corrected chi connectivity index (χ2v) is 9.96. The molecule has 0 atom stereocenters. The molecule has 10 nitrogen and oxygen atoms in total. The van der Waals surface area contributed by atoms with Gasteiger partial charge in [-0.3, -0.25) is 9.44 Å². The Kier molecular flexibility index (Phi) is 6.51. The molecule has 34 heavy (non-hydrogen) atoms. The monoisotopic (exact) mass is 488 g/mol. The number of benzene rings is 3. The van der Waals surface area contributed by atoms with Crippen LogP contribution >= 0.6 is 0 Å². The molecule has 2 N–H and O–H groups in total. The molecule has 0 aliphatic heterocycles. The van der Waals surface area contributed by atoms with Crippen LogP contribution in [0.3, 0.4) is 0 Å². The molecule has 0 saturated carbocycles. The number of rotatable bonds is 6. The van der Waals surface area contributed by atoms with E-state index in [9.17, 15) is 27.4 Å². The third-order valence-corrected chi connectivity index (χ3v) is 7.25. The Morgan fingerprint density at radius 1 is 0.559 bits per heavy atom. The Morgan fingerprint density at radius 2 is 0.971 bits per heavy atom. The largest absolute Gasteiger partial charge is 0.280 e. The second-order valence-electron chi connectivity index (χ2n) is 6.66. The summed E-state index contributed by atoms with van der Waals surface area (Å²) in [5, 5.41) is 36.5. The molecule has 3 aromatic rings. The van der Waals surface area contributed by atoms with Crippen molar-refractivity contribution in [3.05, 3.63) is 82.9 Å². The highest BCUT2D eigenvalue weighted by molar-refractivity contribution is 7.93. The van der Waals surface area contributed by atoms with Gasteiger partial charge in [0.2, 0.25) is 0 Å². The summed E-state index contributed by atoms with van der Waals surface area (Å²) >= 11 is 0. The molecule has 0 saturated heterocycles. The fourth-order valence-corrected chi connectivity index (χ4v) is 5.34. The van der Waals surface area contributed by atoms with Crippen LogP contribution in [0.5, 0.6) is 0 Å². The average Bonchev–Trinajstić information content (AvgIpc) is 2.82. The maximum atomic E-state index is 12.8. The maximum absolute atomic E-state index is 12.8. The Balaban J connectivity index is 1.96. The smallest absolute Gasteiger partial charge is 0.263 e. The first-order valence-corrected chi connectivity index (χ1v) is 12.1. The normalized spacial score (nSPS) is 10.7. The van der Waals surface area contributed by atoms with Crippen molar-refractivity contribution in [3.63, 3.8) is 0 Å². The Morgan fingerprint density at radius 3 is 1.32 bits per heavy atom. The van der Waals surface area contributed by atoms with Gasteiger partial charge in [-0.15, -0.1) is 0 Å². The highest BCUT2D eigenvalue weighted by Crippen LogP contribution is 2.25. The zero-order chi connectivity index (χ0) is 24.9. The lowest BCUT2D eigenvalue weighted by Crippen LogP contribution is -2.16. The van der Waals surface area contributed by atoms with Gasteiger partial charge in [0.05, 0.1) is 45.8 Å². The van der Waals surface area contributed by atoms with Gasteiger partial charge in [0.15, 0.2) is 0 Å². The molecule has 12 heteroatoms. The summed E-state index contributed by atoms with van der Waals surface area (Å²) in [6, 6.07) is 19.5. The fourth-order valence-electron chi connectivity index (χ4n) is 2.88. The standard InChI is InChI=1S/C22H12N6O4S2/c23-11-15-4-6-17(13-25)21(8-15)33(29,30)27-19-2-1-3-20(10-19)28-34(31,32)22-9-16(12-24)5-7-18(22)14-26/h1-10,27-28H.